The van der Waals surface area contributed by atoms with E-state index in [0.717, 1.165) is 0 Å². The number of carbonyl (C=O) groups is 1. The number of anilines is 1. The van der Waals surface area contributed by atoms with Gasteiger partial charge in [0.2, 0.25) is 5.56 Å². The van der Waals surface area contributed by atoms with Crippen LogP contribution in [0.15, 0.2) is 39.9 Å². The van der Waals surface area contributed by atoms with E-state index in [2.05, 4.69) is 31.2 Å². The highest BCUT2D eigenvalue weighted by Crippen LogP contribution is 2.16. The normalized spacial score (nSPS) is 10.1. The van der Waals surface area contributed by atoms with E-state index >= 15 is 0 Å². The predicted molar refractivity (Wildman–Crippen MR) is 71.7 cm³/mol. The van der Waals surface area contributed by atoms with E-state index in [1.807, 2.05) is 0 Å². The molecule has 2 aromatic rings. The molecule has 2 rings (SSSR count). The number of amides is 1. The molecule has 0 radical (unpaired) electrons. The van der Waals surface area contributed by atoms with Gasteiger partial charge in [-0.3, -0.25) is 9.59 Å². The average Bonchev–Trinajstić information content (AvgIpc) is 2.33. The van der Waals surface area contributed by atoms with Crippen LogP contribution in [0.1, 0.15) is 16.1 Å². The summed E-state index contributed by atoms with van der Waals surface area (Å²) in [6.07, 6.45) is 1.37. The van der Waals surface area contributed by atoms with Crippen molar-refractivity contribution in [2.45, 2.75) is 6.92 Å². The minimum Gasteiger partial charge on any atom is -0.328 e. The van der Waals surface area contributed by atoms with Gasteiger partial charge in [0, 0.05) is 12.3 Å². The van der Waals surface area contributed by atoms with Gasteiger partial charge in [-0.15, -0.1) is 0 Å². The molecule has 2 N–H and O–H groups in total. The van der Waals surface area contributed by atoms with E-state index in [1.165, 1.54) is 18.3 Å². The smallest absolute Gasteiger partial charge is 0.257 e. The number of carbonyl (C=O) groups excluding carboxylic acids is 1. The molecule has 18 heavy (non-hydrogen) atoms. The summed E-state index contributed by atoms with van der Waals surface area (Å²) in [4.78, 5) is 29.4. The van der Waals surface area contributed by atoms with E-state index in [0.29, 0.717) is 21.5 Å². The van der Waals surface area contributed by atoms with Crippen molar-refractivity contribution >= 4 is 27.5 Å². The fourth-order valence-electron chi connectivity index (χ4n) is 1.41. The molecule has 6 heteroatoms. The summed E-state index contributed by atoms with van der Waals surface area (Å²) < 4.78 is 0.710. The minimum atomic E-state index is -0.293. The summed E-state index contributed by atoms with van der Waals surface area (Å²) in [5, 5.41) is 2.73. The Morgan fingerprint density at radius 1 is 1.33 bits per heavy atom. The van der Waals surface area contributed by atoms with Gasteiger partial charge in [-0.2, -0.15) is 0 Å². The number of H-pyrrole nitrogens is 1. The Labute approximate surface area is 111 Å². The second kappa shape index (κ2) is 5.14. The number of aryl methyl sites for hydroxylation is 1. The van der Waals surface area contributed by atoms with Crippen molar-refractivity contribution in [2.75, 3.05) is 5.32 Å². The fraction of sp³-hybridized carbons (Fsp3) is 0.0833. The molecule has 0 saturated carbocycles. The first kappa shape index (κ1) is 12.5. The van der Waals surface area contributed by atoms with Crippen LogP contribution < -0.4 is 10.9 Å². The summed E-state index contributed by atoms with van der Waals surface area (Å²) in [5.74, 6) is -0.293. The lowest BCUT2D eigenvalue weighted by atomic mass is 10.2. The van der Waals surface area contributed by atoms with Crippen LogP contribution in [-0.4, -0.2) is 15.9 Å². The predicted octanol–water partition coefficient (Wildman–Crippen LogP) is 2.09. The Morgan fingerprint density at radius 3 is 2.72 bits per heavy atom. The molecule has 0 aliphatic heterocycles. The summed E-state index contributed by atoms with van der Waals surface area (Å²) in [5.41, 5.74) is 1.49. The number of hydrogen-bond donors (Lipinski definition) is 2. The van der Waals surface area contributed by atoms with Crippen molar-refractivity contribution in [1.82, 2.24) is 9.97 Å². The summed E-state index contributed by atoms with van der Waals surface area (Å²) in [7, 11) is 0. The van der Waals surface area contributed by atoms with E-state index in [1.54, 1.807) is 19.1 Å². The fourth-order valence-corrected chi connectivity index (χ4v) is 1.81. The average molecular weight is 308 g/mol. The van der Waals surface area contributed by atoms with Crippen LogP contribution >= 0.6 is 15.9 Å². The van der Waals surface area contributed by atoms with Gasteiger partial charge in [0.05, 0.1) is 16.9 Å². The third kappa shape index (κ3) is 2.84. The maximum Gasteiger partial charge on any atom is 0.257 e. The highest BCUT2D eigenvalue weighted by molar-refractivity contribution is 9.10. The van der Waals surface area contributed by atoms with E-state index in [-0.39, 0.29) is 11.5 Å². The molecule has 1 amide bonds. The zero-order valence-electron chi connectivity index (χ0n) is 9.53. The SMILES string of the molecule is Cc1nc(Br)ccc1NC(=O)c1ccc(=O)[nH]c1. The van der Waals surface area contributed by atoms with E-state index < -0.39 is 0 Å². The maximum absolute atomic E-state index is 11.9. The molecule has 5 nitrogen and oxygen atoms in total. The number of halogens is 1. The molecule has 92 valence electrons. The summed E-state index contributed by atoms with van der Waals surface area (Å²) in [6, 6.07) is 6.28. The van der Waals surface area contributed by atoms with Crippen LogP contribution in [0, 0.1) is 6.92 Å². The molecule has 2 heterocycles. The Hall–Kier alpha value is -1.95. The Balaban J connectivity index is 2.21. The molecule has 0 atom stereocenters. The van der Waals surface area contributed by atoms with Crippen molar-refractivity contribution in [2.24, 2.45) is 0 Å². The van der Waals surface area contributed by atoms with Crippen molar-refractivity contribution in [3.63, 3.8) is 0 Å². The van der Waals surface area contributed by atoms with Gasteiger partial charge in [-0.1, -0.05) is 0 Å². The molecule has 0 saturated heterocycles. The van der Waals surface area contributed by atoms with Crippen LogP contribution in [0.4, 0.5) is 5.69 Å². The molecular weight excluding hydrogens is 298 g/mol. The van der Waals surface area contributed by atoms with Crippen molar-refractivity contribution < 1.29 is 4.79 Å². The van der Waals surface area contributed by atoms with Gasteiger partial charge in [-0.25, -0.2) is 4.98 Å². The van der Waals surface area contributed by atoms with Crippen LogP contribution in [-0.2, 0) is 0 Å². The molecule has 0 unspecified atom stereocenters. The molecular formula is C12H10BrN3O2. The number of nitrogens with one attached hydrogen (secondary N) is 2. The van der Waals surface area contributed by atoms with Gasteiger partial charge in [-0.05, 0) is 41.1 Å². The third-order valence-electron chi connectivity index (χ3n) is 2.35. The highest BCUT2D eigenvalue weighted by atomic mass is 79.9. The molecule has 0 aromatic carbocycles. The first-order valence-electron chi connectivity index (χ1n) is 5.19. The standard InChI is InChI=1S/C12H10BrN3O2/c1-7-9(3-4-10(13)15-7)16-12(18)8-2-5-11(17)14-6-8/h2-6H,1H3,(H,14,17)(H,16,18). The Bertz CT molecular complexity index is 632. The zero-order chi connectivity index (χ0) is 13.1. The van der Waals surface area contributed by atoms with Gasteiger partial charge in [0.25, 0.3) is 5.91 Å². The monoisotopic (exact) mass is 307 g/mol. The molecule has 0 bridgehead atoms. The topological polar surface area (TPSA) is 74.8 Å². The van der Waals surface area contributed by atoms with Gasteiger partial charge in [0.1, 0.15) is 4.60 Å². The van der Waals surface area contributed by atoms with Crippen LogP contribution in [0.25, 0.3) is 0 Å². The molecule has 0 spiro atoms. The lowest BCUT2D eigenvalue weighted by Gasteiger charge is -2.07. The first-order chi connectivity index (χ1) is 8.56. The Kier molecular flexibility index (Phi) is 3.57. The van der Waals surface area contributed by atoms with Crippen molar-refractivity contribution in [3.05, 3.63) is 56.7 Å². The molecule has 0 aliphatic carbocycles. The number of aromatic amines is 1. The van der Waals surface area contributed by atoms with E-state index in [9.17, 15) is 9.59 Å². The quantitative estimate of drug-likeness (QED) is 0.834. The molecule has 0 fully saturated rings. The molecule has 2 aromatic heterocycles. The Morgan fingerprint density at radius 2 is 2.11 bits per heavy atom. The van der Waals surface area contributed by atoms with Gasteiger partial charge >= 0.3 is 0 Å². The van der Waals surface area contributed by atoms with E-state index in [4.69, 9.17) is 0 Å². The van der Waals surface area contributed by atoms with Crippen LogP contribution in [0.3, 0.4) is 0 Å². The number of hydrogen-bond acceptors (Lipinski definition) is 3. The third-order valence-corrected chi connectivity index (χ3v) is 2.79. The summed E-state index contributed by atoms with van der Waals surface area (Å²) >= 11 is 3.25. The van der Waals surface area contributed by atoms with Crippen molar-refractivity contribution in [1.29, 1.82) is 0 Å². The number of nitrogens with zero attached hydrogens (tertiary/aromatic N) is 1. The zero-order valence-corrected chi connectivity index (χ0v) is 11.1. The van der Waals surface area contributed by atoms with Crippen molar-refractivity contribution in [3.8, 4) is 0 Å². The van der Waals surface area contributed by atoms with Gasteiger partial charge < -0.3 is 10.3 Å². The second-order valence-corrected chi connectivity index (χ2v) is 4.48. The second-order valence-electron chi connectivity index (χ2n) is 3.66. The minimum absolute atomic E-state index is 0.243. The lowest BCUT2D eigenvalue weighted by Crippen LogP contribution is -2.15. The maximum atomic E-state index is 11.9. The lowest BCUT2D eigenvalue weighted by molar-refractivity contribution is 0.102. The number of rotatable bonds is 2. The summed E-state index contributed by atoms with van der Waals surface area (Å²) in [6.45, 7) is 1.80. The number of aromatic nitrogens is 2. The number of pyridine rings is 2. The largest absolute Gasteiger partial charge is 0.328 e. The molecule has 0 aliphatic rings. The van der Waals surface area contributed by atoms with Crippen LogP contribution in [0.5, 0.6) is 0 Å². The van der Waals surface area contributed by atoms with Gasteiger partial charge in [0.15, 0.2) is 0 Å². The van der Waals surface area contributed by atoms with Crippen LogP contribution in [0.2, 0.25) is 0 Å². The highest BCUT2D eigenvalue weighted by Gasteiger charge is 2.08. The first-order valence-corrected chi connectivity index (χ1v) is 5.99.